The second kappa shape index (κ2) is 9.91. The molecular formula is C31H52O6. The first-order valence-electron chi connectivity index (χ1n) is 14.7. The first-order chi connectivity index (χ1) is 17.1. The molecule has 0 radical (unpaired) electrons. The Balaban J connectivity index is 1.77. The molecule has 37 heavy (non-hydrogen) atoms. The lowest BCUT2D eigenvalue weighted by molar-refractivity contribution is -0.281. The normalized spacial score (nSPS) is 48.5. The Labute approximate surface area is 223 Å². The van der Waals surface area contributed by atoms with Gasteiger partial charge in [-0.05, 0) is 86.0 Å². The number of aliphatic hydroxyl groups is 4. The van der Waals surface area contributed by atoms with Crippen molar-refractivity contribution >= 4 is 5.97 Å². The van der Waals surface area contributed by atoms with Crippen molar-refractivity contribution in [3.05, 3.63) is 11.1 Å². The Hall–Kier alpha value is -0.950. The largest absolute Gasteiger partial charge is 0.462 e. The van der Waals surface area contributed by atoms with Crippen molar-refractivity contribution in [3.63, 3.8) is 0 Å². The maximum atomic E-state index is 12.4. The van der Waals surface area contributed by atoms with E-state index in [0.29, 0.717) is 49.9 Å². The second-order valence-corrected chi connectivity index (χ2v) is 14.3. The number of aliphatic hydroxyl groups excluding tert-OH is 3. The van der Waals surface area contributed by atoms with Gasteiger partial charge in [-0.2, -0.15) is 0 Å². The number of allylic oxidation sites excluding steroid dienone is 1. The summed E-state index contributed by atoms with van der Waals surface area (Å²) in [5.41, 5.74) is -0.103. The fourth-order valence-corrected chi connectivity index (χ4v) is 9.71. The summed E-state index contributed by atoms with van der Waals surface area (Å²) in [7, 11) is 0. The lowest BCUT2D eigenvalue weighted by Gasteiger charge is -2.66. The molecule has 4 rings (SSSR count). The lowest BCUT2D eigenvalue weighted by atomic mass is 9.42. The van der Waals surface area contributed by atoms with Crippen molar-refractivity contribution in [3.8, 4) is 0 Å². The highest BCUT2D eigenvalue weighted by molar-refractivity contribution is 5.66. The van der Waals surface area contributed by atoms with Crippen LogP contribution in [0, 0.1) is 46.3 Å². The Morgan fingerprint density at radius 1 is 1.05 bits per heavy atom. The maximum absolute atomic E-state index is 12.4. The fourth-order valence-electron chi connectivity index (χ4n) is 9.71. The van der Waals surface area contributed by atoms with Gasteiger partial charge in [-0.15, -0.1) is 0 Å². The van der Waals surface area contributed by atoms with E-state index in [9.17, 15) is 25.2 Å². The van der Waals surface area contributed by atoms with E-state index in [2.05, 4.69) is 41.5 Å². The number of rotatable bonds is 5. The van der Waals surface area contributed by atoms with Crippen LogP contribution >= 0.6 is 0 Å². The Kier molecular flexibility index (Phi) is 7.78. The number of hydrogen-bond donors (Lipinski definition) is 4. The molecule has 6 nitrogen and oxygen atoms in total. The van der Waals surface area contributed by atoms with Gasteiger partial charge in [-0.1, -0.05) is 47.1 Å². The summed E-state index contributed by atoms with van der Waals surface area (Å²) in [6.45, 7) is 17.0. The highest BCUT2D eigenvalue weighted by Crippen LogP contribution is 2.69. The van der Waals surface area contributed by atoms with Crippen LogP contribution in [0.1, 0.15) is 100 Å². The van der Waals surface area contributed by atoms with Crippen LogP contribution < -0.4 is 0 Å². The molecule has 0 bridgehead atoms. The minimum atomic E-state index is -1.42. The van der Waals surface area contributed by atoms with Gasteiger partial charge >= 0.3 is 5.97 Å². The number of esters is 1. The van der Waals surface area contributed by atoms with E-state index in [-0.39, 0.29) is 35.6 Å². The summed E-state index contributed by atoms with van der Waals surface area (Å²) in [5, 5.41) is 45.2. The average Bonchev–Trinajstić information content (AvgIpc) is 3.04. The summed E-state index contributed by atoms with van der Waals surface area (Å²) < 4.78 is 6.07. The van der Waals surface area contributed by atoms with Gasteiger partial charge in [-0.25, -0.2) is 0 Å². The van der Waals surface area contributed by atoms with Gasteiger partial charge < -0.3 is 25.2 Å². The molecule has 0 aromatic rings. The third kappa shape index (κ3) is 4.52. The van der Waals surface area contributed by atoms with Gasteiger partial charge in [0.15, 0.2) is 0 Å². The molecule has 0 aromatic carbocycles. The molecule has 0 amide bonds. The fraction of sp³-hybridized carbons (Fsp3) is 0.903. The zero-order chi connectivity index (χ0) is 27.7. The van der Waals surface area contributed by atoms with Crippen molar-refractivity contribution in [1.82, 2.24) is 0 Å². The third-order valence-electron chi connectivity index (χ3n) is 11.9. The molecule has 4 aliphatic rings. The van der Waals surface area contributed by atoms with E-state index < -0.39 is 35.4 Å². The molecule has 12 atom stereocenters. The van der Waals surface area contributed by atoms with Crippen LogP contribution in [0.5, 0.6) is 0 Å². The Bertz CT molecular complexity index is 913. The molecular weight excluding hydrogens is 468 g/mol. The summed E-state index contributed by atoms with van der Waals surface area (Å²) in [6.07, 6.45) is 1.26. The van der Waals surface area contributed by atoms with E-state index in [1.807, 2.05) is 6.92 Å². The molecule has 4 aliphatic carbocycles. The van der Waals surface area contributed by atoms with Crippen LogP contribution in [-0.4, -0.2) is 56.4 Å². The average molecular weight is 521 g/mol. The van der Waals surface area contributed by atoms with Crippen LogP contribution in [-0.2, 0) is 9.53 Å². The molecule has 0 saturated heterocycles. The maximum Gasteiger partial charge on any atom is 0.302 e. The number of hydrogen-bond acceptors (Lipinski definition) is 6. The highest BCUT2D eigenvalue weighted by atomic mass is 16.5. The van der Waals surface area contributed by atoms with Crippen LogP contribution in [0.25, 0.3) is 0 Å². The quantitative estimate of drug-likeness (QED) is 0.311. The molecule has 6 heteroatoms. The Morgan fingerprint density at radius 3 is 2.30 bits per heavy atom. The van der Waals surface area contributed by atoms with Crippen molar-refractivity contribution in [2.24, 2.45) is 46.3 Å². The first-order valence-corrected chi connectivity index (χ1v) is 14.7. The van der Waals surface area contributed by atoms with E-state index >= 15 is 0 Å². The van der Waals surface area contributed by atoms with Gasteiger partial charge in [0.25, 0.3) is 0 Å². The summed E-state index contributed by atoms with van der Waals surface area (Å²) in [4.78, 5) is 12.4. The molecule has 0 heterocycles. The SMILES string of the molecule is CC(=O)O[C@@H]1C[C@]2(C)C(=C(C)C[C@@H](C)[C@H](C)C(C)C)[C@H](O)C[C@H]2[C@@H]2C[C@@H](O)[C@@]3(O)C[C@@H](O)CC[C@]3(C)[C@H]21. The highest BCUT2D eigenvalue weighted by Gasteiger charge is 2.70. The number of ether oxygens (including phenoxy) is 1. The molecule has 0 aromatic heterocycles. The zero-order valence-electron chi connectivity index (χ0n) is 24.3. The van der Waals surface area contributed by atoms with Crippen LogP contribution in [0.2, 0.25) is 0 Å². The minimum Gasteiger partial charge on any atom is -0.462 e. The van der Waals surface area contributed by atoms with Gasteiger partial charge in [0.1, 0.15) is 6.10 Å². The number of carbonyl (C=O) groups is 1. The van der Waals surface area contributed by atoms with Crippen molar-refractivity contribution in [1.29, 1.82) is 0 Å². The molecule has 0 unspecified atom stereocenters. The number of carbonyl (C=O) groups excluding carboxylic acids is 1. The van der Waals surface area contributed by atoms with Gasteiger partial charge in [0, 0.05) is 24.7 Å². The monoisotopic (exact) mass is 520 g/mol. The van der Waals surface area contributed by atoms with Gasteiger partial charge in [0.05, 0.1) is 23.9 Å². The first kappa shape index (κ1) is 29.0. The molecule has 4 fully saturated rings. The lowest BCUT2D eigenvalue weighted by Crippen LogP contribution is -2.71. The predicted molar refractivity (Wildman–Crippen MR) is 143 cm³/mol. The van der Waals surface area contributed by atoms with E-state index in [1.54, 1.807) is 0 Å². The minimum absolute atomic E-state index is 0.00517. The molecule has 0 spiro atoms. The standard InChI is InChI=1S/C31H52O6/c1-16(2)19(5)17(3)11-18(4)27-24(34)13-23-22-12-26(35)31(36)14-21(33)9-10-30(31,8)28(22)25(37-20(6)32)15-29(23,27)7/h16-17,19,21-26,28,33-36H,9-15H2,1-8H3/t17-,19-,21+,22+,23+,24-,25-,26-,28-,29+,30-,31+/m1/s1. The van der Waals surface area contributed by atoms with Gasteiger partial charge in [-0.3, -0.25) is 4.79 Å². The topological polar surface area (TPSA) is 107 Å². The molecule has 0 aliphatic heterocycles. The summed E-state index contributed by atoms with van der Waals surface area (Å²) >= 11 is 0. The van der Waals surface area contributed by atoms with Crippen LogP contribution in [0.3, 0.4) is 0 Å². The van der Waals surface area contributed by atoms with Gasteiger partial charge in [0.2, 0.25) is 0 Å². The molecule has 212 valence electrons. The zero-order valence-corrected chi connectivity index (χ0v) is 24.3. The predicted octanol–water partition coefficient (Wildman–Crippen LogP) is 4.62. The van der Waals surface area contributed by atoms with Crippen molar-refractivity contribution < 1.29 is 30.0 Å². The van der Waals surface area contributed by atoms with Crippen LogP contribution in [0.4, 0.5) is 0 Å². The van der Waals surface area contributed by atoms with Crippen LogP contribution in [0.15, 0.2) is 11.1 Å². The molecule has 4 N–H and O–H groups in total. The third-order valence-corrected chi connectivity index (χ3v) is 11.9. The molecule has 4 saturated carbocycles. The van der Waals surface area contributed by atoms with E-state index in [1.165, 1.54) is 12.5 Å². The second-order valence-electron chi connectivity index (χ2n) is 14.3. The summed E-state index contributed by atoms with van der Waals surface area (Å²) in [6, 6.07) is 0. The smallest absolute Gasteiger partial charge is 0.302 e. The summed E-state index contributed by atoms with van der Waals surface area (Å²) in [5.74, 6) is 1.31. The van der Waals surface area contributed by atoms with Crippen molar-refractivity contribution in [2.45, 2.75) is 130 Å². The van der Waals surface area contributed by atoms with Crippen molar-refractivity contribution in [2.75, 3.05) is 0 Å². The van der Waals surface area contributed by atoms with E-state index in [4.69, 9.17) is 4.74 Å². The number of fused-ring (bicyclic) bond motifs is 5. The Morgan fingerprint density at radius 2 is 1.70 bits per heavy atom. The van der Waals surface area contributed by atoms with E-state index in [0.717, 1.165) is 12.0 Å².